The molecule has 2 nitrogen and oxygen atoms in total. The number of hydrogen-bond donors (Lipinski definition) is 1. The standard InChI is InChI=1S/C15H25NO/c1-11-7-8-14(17)13(9-11)12(2)16(6)10-15(3,4)5/h7-9,12,17H,10H2,1-6H3. The molecule has 1 N–H and O–H groups in total. The Morgan fingerprint density at radius 3 is 2.41 bits per heavy atom. The fraction of sp³-hybridized carbons (Fsp3) is 0.600. The number of benzene rings is 1. The minimum atomic E-state index is 0.231. The molecule has 1 rings (SSSR count). The van der Waals surface area contributed by atoms with Gasteiger partial charge >= 0.3 is 0 Å². The molecule has 0 aliphatic heterocycles. The van der Waals surface area contributed by atoms with Gasteiger partial charge in [-0.2, -0.15) is 0 Å². The van der Waals surface area contributed by atoms with Gasteiger partial charge in [-0.3, -0.25) is 4.90 Å². The molecule has 0 heterocycles. The Labute approximate surface area is 105 Å². The van der Waals surface area contributed by atoms with Crippen molar-refractivity contribution in [1.29, 1.82) is 0 Å². The third-order valence-corrected chi connectivity index (χ3v) is 3.02. The average Bonchev–Trinajstić information content (AvgIpc) is 2.18. The van der Waals surface area contributed by atoms with Crippen LogP contribution in [0.1, 0.15) is 44.9 Å². The zero-order valence-electron chi connectivity index (χ0n) is 11.9. The zero-order chi connectivity index (χ0) is 13.2. The molecule has 0 spiro atoms. The molecule has 1 aromatic rings. The van der Waals surface area contributed by atoms with Crippen molar-refractivity contribution in [2.75, 3.05) is 13.6 Å². The van der Waals surface area contributed by atoms with Gasteiger partial charge in [0.2, 0.25) is 0 Å². The fourth-order valence-corrected chi connectivity index (χ4v) is 2.13. The van der Waals surface area contributed by atoms with Crippen molar-refractivity contribution in [2.45, 2.75) is 40.7 Å². The molecular weight excluding hydrogens is 210 g/mol. The number of phenols is 1. The predicted octanol–water partition coefficient (Wildman–Crippen LogP) is 3.74. The van der Waals surface area contributed by atoms with Crippen LogP contribution in [0.5, 0.6) is 5.75 Å². The predicted molar refractivity (Wildman–Crippen MR) is 73.3 cm³/mol. The summed E-state index contributed by atoms with van der Waals surface area (Å²) in [7, 11) is 2.11. The first-order chi connectivity index (χ1) is 7.70. The molecule has 0 amide bonds. The highest BCUT2D eigenvalue weighted by Crippen LogP contribution is 2.30. The number of aryl methyl sites for hydroxylation is 1. The minimum Gasteiger partial charge on any atom is -0.508 e. The largest absolute Gasteiger partial charge is 0.508 e. The van der Waals surface area contributed by atoms with E-state index in [2.05, 4.69) is 52.6 Å². The summed E-state index contributed by atoms with van der Waals surface area (Å²) in [4.78, 5) is 2.29. The highest BCUT2D eigenvalue weighted by Gasteiger charge is 2.20. The van der Waals surface area contributed by atoms with Crippen LogP contribution in [0.4, 0.5) is 0 Å². The van der Waals surface area contributed by atoms with Gasteiger partial charge in [0.25, 0.3) is 0 Å². The van der Waals surface area contributed by atoms with Crippen LogP contribution in [0.2, 0.25) is 0 Å². The molecule has 1 aromatic carbocycles. The Hall–Kier alpha value is -1.02. The molecule has 17 heavy (non-hydrogen) atoms. The van der Waals surface area contributed by atoms with E-state index in [1.165, 1.54) is 5.56 Å². The van der Waals surface area contributed by atoms with E-state index < -0.39 is 0 Å². The van der Waals surface area contributed by atoms with Crippen LogP contribution < -0.4 is 0 Å². The van der Waals surface area contributed by atoms with Crippen molar-refractivity contribution in [3.8, 4) is 5.75 Å². The van der Waals surface area contributed by atoms with Crippen LogP contribution in [0, 0.1) is 12.3 Å². The second-order valence-corrected chi connectivity index (χ2v) is 6.21. The van der Waals surface area contributed by atoms with Crippen molar-refractivity contribution in [3.05, 3.63) is 29.3 Å². The average molecular weight is 235 g/mol. The molecule has 0 saturated carbocycles. The first-order valence-corrected chi connectivity index (χ1v) is 6.20. The van der Waals surface area contributed by atoms with E-state index in [1.807, 2.05) is 6.07 Å². The summed E-state index contributed by atoms with van der Waals surface area (Å²) in [5.74, 6) is 0.392. The maximum Gasteiger partial charge on any atom is 0.120 e. The zero-order valence-corrected chi connectivity index (χ0v) is 11.9. The second kappa shape index (κ2) is 5.09. The summed E-state index contributed by atoms with van der Waals surface area (Å²) < 4.78 is 0. The molecule has 0 aliphatic carbocycles. The van der Waals surface area contributed by atoms with Crippen LogP contribution >= 0.6 is 0 Å². The third-order valence-electron chi connectivity index (χ3n) is 3.02. The van der Waals surface area contributed by atoms with E-state index in [0.29, 0.717) is 5.75 Å². The number of rotatable bonds is 3. The molecule has 2 heteroatoms. The Morgan fingerprint density at radius 2 is 1.88 bits per heavy atom. The van der Waals surface area contributed by atoms with Crippen LogP contribution in [-0.4, -0.2) is 23.6 Å². The molecule has 1 unspecified atom stereocenters. The van der Waals surface area contributed by atoms with Gasteiger partial charge in [-0.1, -0.05) is 38.5 Å². The van der Waals surface area contributed by atoms with Crippen molar-refractivity contribution in [1.82, 2.24) is 4.90 Å². The molecule has 0 aliphatic rings. The first-order valence-electron chi connectivity index (χ1n) is 6.20. The summed E-state index contributed by atoms with van der Waals surface area (Å²) in [5.41, 5.74) is 2.47. The summed E-state index contributed by atoms with van der Waals surface area (Å²) in [6.07, 6.45) is 0. The van der Waals surface area contributed by atoms with Crippen molar-refractivity contribution in [3.63, 3.8) is 0 Å². The third kappa shape index (κ3) is 4.04. The monoisotopic (exact) mass is 235 g/mol. The lowest BCUT2D eigenvalue weighted by atomic mass is 9.94. The number of nitrogens with zero attached hydrogens (tertiary/aromatic N) is 1. The summed E-state index contributed by atoms with van der Waals surface area (Å²) >= 11 is 0. The molecule has 0 fully saturated rings. The van der Waals surface area contributed by atoms with Gasteiger partial charge in [-0.25, -0.2) is 0 Å². The van der Waals surface area contributed by atoms with Gasteiger partial charge in [0.1, 0.15) is 5.75 Å². The van der Waals surface area contributed by atoms with E-state index in [1.54, 1.807) is 6.07 Å². The van der Waals surface area contributed by atoms with E-state index in [9.17, 15) is 5.11 Å². The van der Waals surface area contributed by atoms with Crippen LogP contribution in [0.15, 0.2) is 18.2 Å². The van der Waals surface area contributed by atoms with E-state index >= 15 is 0 Å². The van der Waals surface area contributed by atoms with E-state index in [-0.39, 0.29) is 11.5 Å². The highest BCUT2D eigenvalue weighted by atomic mass is 16.3. The van der Waals surface area contributed by atoms with Crippen molar-refractivity contribution < 1.29 is 5.11 Å². The topological polar surface area (TPSA) is 23.5 Å². The van der Waals surface area contributed by atoms with Gasteiger partial charge < -0.3 is 5.11 Å². The number of phenolic OH excluding ortho intramolecular Hbond substituents is 1. The Balaban J connectivity index is 2.88. The summed E-state index contributed by atoms with van der Waals surface area (Å²) in [6, 6.07) is 6.02. The molecular formula is C15H25NO. The van der Waals surface area contributed by atoms with Gasteiger partial charge in [-0.05, 0) is 32.4 Å². The van der Waals surface area contributed by atoms with E-state index in [0.717, 1.165) is 12.1 Å². The number of aromatic hydroxyl groups is 1. The Kier molecular flexibility index (Phi) is 4.21. The van der Waals surface area contributed by atoms with Gasteiger partial charge in [0.15, 0.2) is 0 Å². The van der Waals surface area contributed by atoms with Crippen LogP contribution in [-0.2, 0) is 0 Å². The first kappa shape index (κ1) is 14.0. The van der Waals surface area contributed by atoms with Gasteiger partial charge in [0, 0.05) is 18.2 Å². The lowest BCUT2D eigenvalue weighted by Crippen LogP contribution is -2.31. The Morgan fingerprint density at radius 1 is 1.29 bits per heavy atom. The molecule has 96 valence electrons. The SMILES string of the molecule is Cc1ccc(O)c(C(C)N(C)CC(C)(C)C)c1. The summed E-state index contributed by atoms with van der Waals surface area (Å²) in [5, 5.41) is 9.93. The molecule has 0 aromatic heterocycles. The van der Waals surface area contributed by atoms with Crippen LogP contribution in [0.3, 0.4) is 0 Å². The second-order valence-electron chi connectivity index (χ2n) is 6.21. The van der Waals surface area contributed by atoms with E-state index in [4.69, 9.17) is 0 Å². The molecule has 1 atom stereocenters. The maximum absolute atomic E-state index is 9.93. The normalized spacial score (nSPS) is 14.1. The Bertz CT molecular complexity index is 379. The fourth-order valence-electron chi connectivity index (χ4n) is 2.13. The molecule has 0 radical (unpaired) electrons. The quantitative estimate of drug-likeness (QED) is 0.862. The summed E-state index contributed by atoms with van der Waals surface area (Å²) in [6.45, 7) is 11.9. The molecule has 0 bridgehead atoms. The minimum absolute atomic E-state index is 0.231. The highest BCUT2D eigenvalue weighted by molar-refractivity contribution is 5.37. The van der Waals surface area contributed by atoms with Gasteiger partial charge in [0.05, 0.1) is 0 Å². The lowest BCUT2D eigenvalue weighted by Gasteiger charge is -2.32. The smallest absolute Gasteiger partial charge is 0.120 e. The maximum atomic E-state index is 9.93. The number of hydrogen-bond acceptors (Lipinski definition) is 2. The van der Waals surface area contributed by atoms with Gasteiger partial charge in [-0.15, -0.1) is 0 Å². The molecule has 0 saturated heterocycles. The van der Waals surface area contributed by atoms with Crippen molar-refractivity contribution >= 4 is 0 Å². The van der Waals surface area contributed by atoms with Crippen LogP contribution in [0.25, 0.3) is 0 Å². The lowest BCUT2D eigenvalue weighted by molar-refractivity contribution is 0.180. The van der Waals surface area contributed by atoms with Crippen molar-refractivity contribution in [2.24, 2.45) is 5.41 Å².